The fraction of sp³-hybridized carbons (Fsp3) is 0.650. The Morgan fingerprint density at radius 3 is 2.30 bits per heavy atom. The van der Waals surface area contributed by atoms with E-state index in [4.69, 9.17) is 4.74 Å². The van der Waals surface area contributed by atoms with Crippen molar-refractivity contribution in [3.63, 3.8) is 0 Å². The molecule has 0 saturated carbocycles. The maximum absolute atomic E-state index is 12.2. The third-order valence-corrected chi connectivity index (χ3v) is 6.85. The molecule has 10 heteroatoms. The number of benzene rings is 1. The number of sulfonamides is 1. The first-order valence-electron chi connectivity index (χ1n) is 10.0. The van der Waals surface area contributed by atoms with Crippen molar-refractivity contribution in [2.75, 3.05) is 53.5 Å². The van der Waals surface area contributed by atoms with Crippen LogP contribution < -0.4 is 10.6 Å². The minimum Gasteiger partial charge on any atom is -0.379 e. The second kappa shape index (κ2) is 12.2. The second-order valence-corrected chi connectivity index (χ2v) is 10.0. The summed E-state index contributed by atoms with van der Waals surface area (Å²) >= 11 is 0. The van der Waals surface area contributed by atoms with E-state index < -0.39 is 10.0 Å². The molecule has 1 fully saturated rings. The summed E-state index contributed by atoms with van der Waals surface area (Å²) in [6, 6.07) is 6.87. The van der Waals surface area contributed by atoms with E-state index in [1.54, 1.807) is 24.3 Å². The van der Waals surface area contributed by atoms with E-state index >= 15 is 0 Å². The molecular weight excluding hydrogens is 517 g/mol. The minimum absolute atomic E-state index is 0. The van der Waals surface area contributed by atoms with E-state index in [0.29, 0.717) is 6.54 Å². The van der Waals surface area contributed by atoms with Crippen molar-refractivity contribution in [1.82, 2.24) is 19.8 Å². The summed E-state index contributed by atoms with van der Waals surface area (Å²) in [5.41, 5.74) is 0.940. The van der Waals surface area contributed by atoms with Gasteiger partial charge in [-0.15, -0.1) is 24.0 Å². The Hall–Kier alpha value is -0.950. The van der Waals surface area contributed by atoms with Gasteiger partial charge in [-0.25, -0.2) is 17.7 Å². The molecule has 1 aromatic rings. The number of halogens is 1. The summed E-state index contributed by atoms with van der Waals surface area (Å²) in [5.74, 6) is 0.749. The molecule has 0 amide bonds. The van der Waals surface area contributed by atoms with E-state index in [0.717, 1.165) is 50.9 Å². The van der Waals surface area contributed by atoms with Crippen LogP contribution in [0.4, 0.5) is 0 Å². The fourth-order valence-corrected chi connectivity index (χ4v) is 3.97. The van der Waals surface area contributed by atoms with Crippen molar-refractivity contribution in [1.29, 1.82) is 0 Å². The molecule has 1 aliphatic heterocycles. The Morgan fingerprint density at radius 2 is 1.77 bits per heavy atom. The van der Waals surface area contributed by atoms with Gasteiger partial charge in [0.15, 0.2) is 5.96 Å². The normalized spacial score (nSPS) is 16.3. The van der Waals surface area contributed by atoms with Crippen LogP contribution in [0.15, 0.2) is 34.2 Å². The fourth-order valence-electron chi connectivity index (χ4n) is 3.07. The summed E-state index contributed by atoms with van der Waals surface area (Å²) in [7, 11) is -0.354. The molecule has 1 saturated heterocycles. The SMILES string of the molecule is CCNC(=NCc1ccc(S(=O)(=O)N(C)C)cc1)NCC(C)(C)N1CCOCC1.I. The molecule has 2 N–H and O–H groups in total. The molecule has 0 aromatic heterocycles. The van der Waals surface area contributed by atoms with Gasteiger partial charge in [0.25, 0.3) is 0 Å². The number of nitrogens with one attached hydrogen (secondary N) is 2. The largest absolute Gasteiger partial charge is 0.379 e. The molecule has 0 unspecified atom stereocenters. The van der Waals surface area contributed by atoms with Crippen LogP contribution >= 0.6 is 24.0 Å². The van der Waals surface area contributed by atoms with Crippen LogP contribution in [-0.2, 0) is 21.3 Å². The summed E-state index contributed by atoms with van der Waals surface area (Å²) in [4.78, 5) is 7.36. The van der Waals surface area contributed by atoms with Gasteiger partial charge >= 0.3 is 0 Å². The maximum atomic E-state index is 12.2. The Bertz CT molecular complexity index is 776. The molecule has 1 aromatic carbocycles. The van der Waals surface area contributed by atoms with Crippen molar-refractivity contribution >= 4 is 40.0 Å². The Kier molecular flexibility index (Phi) is 11.0. The second-order valence-electron chi connectivity index (χ2n) is 7.89. The van der Waals surface area contributed by atoms with Crippen LogP contribution in [0.5, 0.6) is 0 Å². The smallest absolute Gasteiger partial charge is 0.242 e. The van der Waals surface area contributed by atoms with E-state index in [2.05, 4.69) is 34.4 Å². The lowest BCUT2D eigenvalue weighted by atomic mass is 10.0. The first-order valence-corrected chi connectivity index (χ1v) is 11.5. The zero-order chi connectivity index (χ0) is 21.5. The van der Waals surface area contributed by atoms with Crippen LogP contribution in [0.1, 0.15) is 26.3 Å². The minimum atomic E-state index is -3.41. The average molecular weight is 554 g/mol. The molecule has 1 aliphatic rings. The number of hydrogen-bond acceptors (Lipinski definition) is 5. The summed E-state index contributed by atoms with van der Waals surface area (Å²) in [5, 5.41) is 6.70. The van der Waals surface area contributed by atoms with E-state index in [1.807, 2.05) is 6.92 Å². The Balaban J connectivity index is 0.00000450. The predicted molar refractivity (Wildman–Crippen MR) is 132 cm³/mol. The molecule has 1 heterocycles. The molecule has 172 valence electrons. The van der Waals surface area contributed by atoms with Crippen molar-refractivity contribution in [2.45, 2.75) is 37.8 Å². The third-order valence-electron chi connectivity index (χ3n) is 5.02. The highest BCUT2D eigenvalue weighted by Gasteiger charge is 2.28. The number of aliphatic imine (C=N–C) groups is 1. The first-order chi connectivity index (χ1) is 13.7. The lowest BCUT2D eigenvalue weighted by Gasteiger charge is -2.41. The van der Waals surface area contributed by atoms with Gasteiger partial charge in [-0.1, -0.05) is 12.1 Å². The van der Waals surface area contributed by atoms with Gasteiger partial charge < -0.3 is 15.4 Å². The third kappa shape index (κ3) is 7.63. The molecule has 0 bridgehead atoms. The van der Waals surface area contributed by atoms with Crippen LogP contribution in [0.3, 0.4) is 0 Å². The van der Waals surface area contributed by atoms with Gasteiger partial charge in [-0.2, -0.15) is 0 Å². The highest BCUT2D eigenvalue weighted by atomic mass is 127. The predicted octanol–water partition coefficient (Wildman–Crippen LogP) is 1.72. The van der Waals surface area contributed by atoms with Gasteiger partial charge in [-0.05, 0) is 38.5 Å². The zero-order valence-electron chi connectivity index (χ0n) is 18.6. The van der Waals surface area contributed by atoms with E-state index in [9.17, 15) is 8.42 Å². The van der Waals surface area contributed by atoms with Crippen molar-refractivity contribution in [3.05, 3.63) is 29.8 Å². The lowest BCUT2D eigenvalue weighted by Crippen LogP contribution is -2.56. The molecule has 0 aliphatic carbocycles. The Morgan fingerprint density at radius 1 is 1.17 bits per heavy atom. The maximum Gasteiger partial charge on any atom is 0.242 e. The lowest BCUT2D eigenvalue weighted by molar-refractivity contribution is -0.00834. The molecule has 8 nitrogen and oxygen atoms in total. The van der Waals surface area contributed by atoms with Crippen molar-refractivity contribution in [2.24, 2.45) is 4.99 Å². The number of hydrogen-bond donors (Lipinski definition) is 2. The molecule has 0 atom stereocenters. The highest BCUT2D eigenvalue weighted by molar-refractivity contribution is 14.0. The van der Waals surface area contributed by atoms with Crippen LogP contribution in [0.2, 0.25) is 0 Å². The monoisotopic (exact) mass is 553 g/mol. The van der Waals surface area contributed by atoms with Gasteiger partial charge in [0.05, 0.1) is 24.7 Å². The highest BCUT2D eigenvalue weighted by Crippen LogP contribution is 2.16. The number of rotatable bonds is 8. The molecular formula is C20H36IN5O3S. The summed E-state index contributed by atoms with van der Waals surface area (Å²) in [6.45, 7) is 11.9. The number of morpholine rings is 1. The quantitative estimate of drug-likeness (QED) is 0.290. The van der Waals surface area contributed by atoms with E-state index in [-0.39, 0.29) is 34.4 Å². The van der Waals surface area contributed by atoms with Crippen molar-refractivity contribution < 1.29 is 13.2 Å². The number of guanidine groups is 1. The van der Waals surface area contributed by atoms with Crippen LogP contribution in [-0.4, -0.2) is 82.6 Å². The zero-order valence-corrected chi connectivity index (χ0v) is 21.8. The topological polar surface area (TPSA) is 86.3 Å². The molecule has 30 heavy (non-hydrogen) atoms. The number of ether oxygens (including phenoxy) is 1. The molecule has 2 rings (SSSR count). The standard InChI is InChI=1S/C20H35N5O3S.HI/c1-6-21-19(23-16-20(2,3)25-11-13-28-14-12-25)22-15-17-7-9-18(10-8-17)29(26,27)24(4)5;/h7-10H,6,11-16H2,1-5H3,(H2,21,22,23);1H. The molecule has 0 radical (unpaired) electrons. The van der Waals surface area contributed by atoms with Crippen LogP contribution in [0.25, 0.3) is 0 Å². The summed E-state index contributed by atoms with van der Waals surface area (Å²) in [6.07, 6.45) is 0. The van der Waals surface area contributed by atoms with Gasteiger partial charge in [-0.3, -0.25) is 4.90 Å². The number of nitrogens with zero attached hydrogens (tertiary/aromatic N) is 3. The van der Waals surface area contributed by atoms with Gasteiger partial charge in [0.1, 0.15) is 0 Å². The average Bonchev–Trinajstić information content (AvgIpc) is 2.71. The van der Waals surface area contributed by atoms with Crippen molar-refractivity contribution in [3.8, 4) is 0 Å². The first kappa shape index (κ1) is 27.1. The van der Waals surface area contributed by atoms with E-state index in [1.165, 1.54) is 18.4 Å². The summed E-state index contributed by atoms with van der Waals surface area (Å²) < 4.78 is 31.0. The molecule has 0 spiro atoms. The van der Waals surface area contributed by atoms with Crippen LogP contribution in [0, 0.1) is 0 Å². The van der Waals surface area contributed by atoms with Gasteiger partial charge in [0.2, 0.25) is 10.0 Å². The Labute approximate surface area is 198 Å². The van der Waals surface area contributed by atoms with Gasteiger partial charge in [0, 0.05) is 45.8 Å².